The molecule has 5 fully saturated rings. The van der Waals surface area contributed by atoms with E-state index in [1.54, 1.807) is 40.5 Å². The Balaban J connectivity index is 0.000000256. The number of benzene rings is 4. The molecule has 103 heavy (non-hydrogen) atoms. The van der Waals surface area contributed by atoms with Crippen molar-refractivity contribution < 1.29 is 55.3 Å². The molecule has 6 aliphatic rings. The number of fused-ring (bicyclic) bond motifs is 3. The number of thiazole rings is 3. The van der Waals surface area contributed by atoms with Crippen LogP contribution in [0.25, 0.3) is 30.6 Å². The molecule has 5 atom stereocenters. The molecule has 23 heteroatoms. The number of Topliss-reactive ketones (excluding diaryl/α,β-unsaturated/α-hetero) is 1. The molecular weight excluding hydrogens is 1350 g/mol. The summed E-state index contributed by atoms with van der Waals surface area (Å²) in [7, 11) is 13.0. The van der Waals surface area contributed by atoms with Gasteiger partial charge in [-0.3, -0.25) is 19.4 Å². The molecule has 551 valence electrons. The molecule has 3 aliphatic carbocycles. The number of nitrogen functional groups attached to an aromatic ring is 2. The zero-order valence-corrected chi connectivity index (χ0v) is 65.2. The first kappa shape index (κ1) is 85.9. The van der Waals surface area contributed by atoms with Crippen molar-refractivity contribution in [3.05, 3.63) is 133 Å². The number of anilines is 3. The van der Waals surface area contributed by atoms with Crippen LogP contribution in [0, 0.1) is 17.8 Å². The monoisotopic (exact) mass is 1470 g/mol. The Morgan fingerprint density at radius 3 is 1.64 bits per heavy atom. The van der Waals surface area contributed by atoms with Crippen molar-refractivity contribution >= 4 is 120 Å². The van der Waals surface area contributed by atoms with E-state index in [0.29, 0.717) is 71.5 Å². The molecule has 7 N–H and O–H groups in total. The summed E-state index contributed by atoms with van der Waals surface area (Å²) in [5.41, 5.74) is 23.6. The van der Waals surface area contributed by atoms with E-state index in [1.807, 2.05) is 36.5 Å². The maximum atomic E-state index is 13.4. The van der Waals surface area contributed by atoms with E-state index < -0.39 is 23.6 Å². The van der Waals surface area contributed by atoms with Crippen LogP contribution in [0.1, 0.15) is 214 Å². The summed E-state index contributed by atoms with van der Waals surface area (Å²) < 4.78 is 3.84. The molecule has 8 aromatic rings. The first-order valence-electron chi connectivity index (χ1n) is 35.4. The van der Waals surface area contributed by atoms with Crippen LogP contribution in [0.2, 0.25) is 0 Å². The molecule has 4 aromatic heterocycles. The molecule has 4 aromatic carbocycles. The Hall–Kier alpha value is -6.05. The summed E-state index contributed by atoms with van der Waals surface area (Å²) >= 11 is 5.56. The Bertz CT molecular complexity index is 4180. The number of nitrogens with zero attached hydrogens (tertiary/aromatic N) is 9. The third-order valence-electron chi connectivity index (χ3n) is 21.2. The fraction of sp³-hybridized carbons (Fsp3) is 0.537. The third-order valence-corrected chi connectivity index (χ3v) is 24.8. The van der Waals surface area contributed by atoms with Crippen LogP contribution in [0.5, 0.6) is 0 Å². The van der Waals surface area contributed by atoms with Gasteiger partial charge in [-0.2, -0.15) is 0 Å². The van der Waals surface area contributed by atoms with Crippen molar-refractivity contribution in [2.75, 3.05) is 78.7 Å². The Morgan fingerprint density at radius 2 is 1.15 bits per heavy atom. The number of likely N-dealkylation sites (tertiary alicyclic amines) is 1. The summed E-state index contributed by atoms with van der Waals surface area (Å²) in [6.45, 7) is 13.3. The number of carboxylic acids is 1. The average Bonchev–Trinajstić information content (AvgIpc) is 1.64. The number of rotatable bonds is 15. The van der Waals surface area contributed by atoms with Crippen LogP contribution >= 0.6 is 34.0 Å². The summed E-state index contributed by atoms with van der Waals surface area (Å²) in [5.74, 6) is 0.810. The van der Waals surface area contributed by atoms with Crippen LogP contribution < -0.4 is 51.7 Å². The largest absolute Gasteiger partial charge is 1.00 e. The number of nitrogens with two attached hydrogens (primary N) is 2. The standard InChI is InChI=1S/C28H36N6O2S.C19H27N3S.C19H25N3S.C11H13NO3.3CH4.B.Na.H/c1-5-17-10-20(14-30-25(17)29)31-26(35)28(36)34-15-16(2)6-8-23(34)18-7-9-24-22(13-18)32-27(37-24)19-11-21(12-19)33(3)4;2*1-12-4-6-16(20-11-12)13-5-7-18-17(10-13)21-19(23-18)14-8-15(9-14)22(2)3;1-2-8-5-7(3-4-9(8)12)6-10(13)11(14)15;;;;;;/h7,9-10,13-14,16,19,21,23H,5-6,8,11-12,15H2,1-4H3,(H2,29,30)(H,31,35);5,7,10,12,14-16,20H,4,6,8-9,11H2,1-3H3;5,7,10,12,14-15H,4,6,8-9,11H2,1-3H3;3-5H,2,6,12H2,1H3,(H,14,15);3*1H4;;;/q;;;;;;;;+1;-1/t16-,19?,21?,23+;12-,14?,15?,16+;12-,14?,15?;;;;;;;/m000......./s1. The van der Waals surface area contributed by atoms with Crippen molar-refractivity contribution in [1.82, 2.24) is 44.9 Å². The van der Waals surface area contributed by atoms with Gasteiger partial charge in [0.1, 0.15) is 5.82 Å². The van der Waals surface area contributed by atoms with Crippen LogP contribution in [-0.4, -0.2) is 162 Å². The number of aliphatic carboxylic acids is 1. The van der Waals surface area contributed by atoms with Gasteiger partial charge in [-0.15, -0.1) is 34.0 Å². The van der Waals surface area contributed by atoms with Crippen LogP contribution in [0.3, 0.4) is 0 Å². The van der Waals surface area contributed by atoms with Crippen molar-refractivity contribution in [2.24, 2.45) is 22.7 Å². The molecule has 2 saturated heterocycles. The quantitative estimate of drug-likeness (QED) is 0.0364. The number of aliphatic imine (C=N–C) groups is 1. The Morgan fingerprint density at radius 1 is 0.631 bits per heavy atom. The second kappa shape index (κ2) is 38.5. The van der Waals surface area contributed by atoms with Gasteiger partial charge in [-0.05, 0) is 238 Å². The van der Waals surface area contributed by atoms with E-state index in [0.717, 1.165) is 103 Å². The summed E-state index contributed by atoms with van der Waals surface area (Å²) in [6, 6.07) is 29.4. The van der Waals surface area contributed by atoms with Gasteiger partial charge in [-0.25, -0.2) is 24.7 Å². The summed E-state index contributed by atoms with van der Waals surface area (Å²) in [6.07, 6.45) is 17.0. The topological polar surface area (TPSA) is 241 Å². The molecule has 14 rings (SSSR count). The number of aromatic nitrogens is 4. The van der Waals surface area contributed by atoms with Gasteiger partial charge in [0.15, 0.2) is 0 Å². The number of carboxylic acid groups (broad SMARTS) is 1. The van der Waals surface area contributed by atoms with Crippen molar-refractivity contribution in [3.63, 3.8) is 0 Å². The predicted octanol–water partition coefficient (Wildman–Crippen LogP) is 12.7. The second-order valence-electron chi connectivity index (χ2n) is 29.2. The Labute approximate surface area is 650 Å². The number of carbonyl (C=O) groups excluding carboxylic acids is 3. The molecule has 3 aliphatic heterocycles. The minimum Gasteiger partial charge on any atom is -1.00 e. The molecular formula is C80H114BN13NaO5S3. The van der Waals surface area contributed by atoms with Crippen molar-refractivity contribution in [3.8, 4) is 0 Å². The maximum Gasteiger partial charge on any atom is 1.00 e. The molecule has 2 amide bonds. The summed E-state index contributed by atoms with van der Waals surface area (Å²) in [4.78, 5) is 80.2. The average molecular weight is 1470 g/mol. The van der Waals surface area contributed by atoms with Gasteiger partial charge in [0.05, 0.1) is 63.6 Å². The van der Waals surface area contributed by atoms with Crippen molar-refractivity contribution in [2.45, 2.75) is 201 Å². The Kier molecular flexibility index (Phi) is 32.1. The number of aryl methyl sites for hydroxylation is 2. The van der Waals surface area contributed by atoms with Gasteiger partial charge in [-0.1, -0.05) is 87.2 Å². The van der Waals surface area contributed by atoms with E-state index in [4.69, 9.17) is 36.5 Å². The molecule has 18 nitrogen and oxygen atoms in total. The third kappa shape index (κ3) is 21.2. The number of piperidine rings is 2. The first-order valence-corrected chi connectivity index (χ1v) is 37.9. The van der Waals surface area contributed by atoms with E-state index >= 15 is 0 Å². The SMILES string of the molecule is C.C.C.CCc1cc(CC(=O)C(=O)O)ccc1N.CCc1cc(NC(=O)C(=O)N2C[C@@H](C)CC[C@@H]2c2ccc3sc(C4CC(N(C)C)C4)nc3c2)cnc1N.C[C@H]1CCC(c2ccc3sc(C4CC(N(C)C)C4)nc3c2)=NC1.C[C@H]1CC[C@H](c2ccc3sc(C4CC(N(C)C)C4)nc3c2)NC1.[B].[H-].[Na+]. The van der Waals surface area contributed by atoms with E-state index in [9.17, 15) is 19.2 Å². The molecule has 0 bridgehead atoms. The normalized spacial score (nSPS) is 23.3. The number of pyridine rings is 1. The fourth-order valence-corrected chi connectivity index (χ4v) is 17.4. The minimum atomic E-state index is -1.40. The van der Waals surface area contributed by atoms with Gasteiger partial charge >= 0.3 is 47.3 Å². The maximum absolute atomic E-state index is 13.4. The van der Waals surface area contributed by atoms with Crippen molar-refractivity contribution in [1.29, 1.82) is 0 Å². The molecule has 0 spiro atoms. The van der Waals surface area contributed by atoms with Gasteiger partial charge in [0, 0.05) is 81.2 Å². The number of hydrogen-bond acceptors (Lipinski definition) is 18. The van der Waals surface area contributed by atoms with Crippen LogP contribution in [0.15, 0.2) is 90.1 Å². The molecule has 7 heterocycles. The van der Waals surface area contributed by atoms with E-state index in [2.05, 4.69) is 148 Å². The molecule has 3 saturated carbocycles. The number of hydrogen-bond donors (Lipinski definition) is 5. The number of ketones is 1. The minimum absolute atomic E-state index is 0. The zero-order chi connectivity index (χ0) is 69.6. The van der Waals surface area contributed by atoms with Gasteiger partial charge in [0.2, 0.25) is 5.78 Å². The predicted molar refractivity (Wildman–Crippen MR) is 429 cm³/mol. The summed E-state index contributed by atoms with van der Waals surface area (Å²) in [5, 5.41) is 18.8. The fourth-order valence-electron chi connectivity index (χ4n) is 14.2. The van der Waals surface area contributed by atoms with Crippen LogP contribution in [-0.2, 0) is 38.4 Å². The second-order valence-corrected chi connectivity index (χ2v) is 32.4. The molecule has 0 unspecified atom stereocenters. The van der Waals surface area contributed by atoms with Gasteiger partial charge < -0.3 is 48.2 Å². The number of nitrogens with one attached hydrogen (secondary N) is 2. The van der Waals surface area contributed by atoms with Crippen LogP contribution in [0.4, 0.5) is 17.2 Å². The number of amides is 2. The molecule has 3 radical (unpaired) electrons. The smallest absolute Gasteiger partial charge is 1.00 e. The van der Waals surface area contributed by atoms with E-state index in [-0.39, 0.29) is 74.1 Å². The van der Waals surface area contributed by atoms with Gasteiger partial charge in [0.25, 0.3) is 0 Å². The zero-order valence-electron chi connectivity index (χ0n) is 61.7. The first-order chi connectivity index (χ1) is 47.0. The van der Waals surface area contributed by atoms with E-state index in [1.165, 1.54) is 103 Å². The number of carbonyl (C=O) groups is 4.